The lowest BCUT2D eigenvalue weighted by Gasteiger charge is -2.11. The highest BCUT2D eigenvalue weighted by Gasteiger charge is 2.24. The predicted octanol–water partition coefficient (Wildman–Crippen LogP) is 5.10. The zero-order valence-corrected chi connectivity index (χ0v) is 14.8. The third kappa shape index (κ3) is 2.95. The van der Waals surface area contributed by atoms with Crippen LogP contribution in [0.4, 0.5) is 4.39 Å². The van der Waals surface area contributed by atoms with Crippen LogP contribution in [-0.4, -0.2) is 20.6 Å². The fraction of sp³-hybridized carbons (Fsp3) is 0.0588. The van der Waals surface area contributed by atoms with E-state index in [2.05, 4.69) is 20.9 Å². The maximum atomic E-state index is 14.3. The number of aromatic carboxylic acids is 1. The topological polar surface area (TPSA) is 55.1 Å². The van der Waals surface area contributed by atoms with Gasteiger partial charge in [-0.1, -0.05) is 35.4 Å². The molecule has 0 unspecified atom stereocenters. The van der Waals surface area contributed by atoms with Gasteiger partial charge in [0, 0.05) is 10.6 Å². The van der Waals surface area contributed by atoms with Crippen molar-refractivity contribution in [3.8, 4) is 17.1 Å². The molecule has 0 spiro atoms. The third-order valence-electron chi connectivity index (χ3n) is 3.45. The van der Waals surface area contributed by atoms with E-state index in [0.717, 1.165) is 5.56 Å². The summed E-state index contributed by atoms with van der Waals surface area (Å²) >= 11 is 9.20. The molecule has 0 radical (unpaired) electrons. The minimum Gasteiger partial charge on any atom is -0.476 e. The van der Waals surface area contributed by atoms with Crippen molar-refractivity contribution in [2.75, 3.05) is 0 Å². The van der Waals surface area contributed by atoms with Gasteiger partial charge in [0.15, 0.2) is 5.69 Å². The number of hydrogen-bond acceptors (Lipinski definition) is 2. The molecule has 24 heavy (non-hydrogen) atoms. The van der Waals surface area contributed by atoms with Crippen LogP contribution >= 0.6 is 27.5 Å². The SMILES string of the molecule is Cc1cccc(-c2nc(C(=O)O)c(Br)n2-c2cc(Cl)ccc2F)c1. The first-order chi connectivity index (χ1) is 11.4. The highest BCUT2D eigenvalue weighted by molar-refractivity contribution is 9.10. The number of carbonyl (C=O) groups is 1. The van der Waals surface area contributed by atoms with Crippen molar-refractivity contribution in [2.24, 2.45) is 0 Å². The minimum atomic E-state index is -1.21. The molecule has 0 saturated carbocycles. The van der Waals surface area contributed by atoms with Crippen LogP contribution < -0.4 is 0 Å². The second-order valence-corrected chi connectivity index (χ2v) is 6.37. The molecule has 0 aliphatic heterocycles. The summed E-state index contributed by atoms with van der Waals surface area (Å²) in [5.41, 5.74) is 1.56. The van der Waals surface area contributed by atoms with Crippen LogP contribution in [0.2, 0.25) is 5.02 Å². The van der Waals surface area contributed by atoms with Crippen LogP contribution in [0, 0.1) is 12.7 Å². The Balaban J connectivity index is 2.35. The summed E-state index contributed by atoms with van der Waals surface area (Å²) in [4.78, 5) is 15.6. The maximum absolute atomic E-state index is 14.3. The first kappa shape index (κ1) is 16.7. The zero-order chi connectivity index (χ0) is 17.4. The first-order valence-electron chi connectivity index (χ1n) is 6.92. The zero-order valence-electron chi connectivity index (χ0n) is 12.4. The number of hydrogen-bond donors (Lipinski definition) is 1. The Kier molecular flexibility index (Phi) is 4.43. The molecule has 0 bridgehead atoms. The van der Waals surface area contributed by atoms with Gasteiger partial charge in [-0.25, -0.2) is 14.2 Å². The molecule has 0 aliphatic carbocycles. The van der Waals surface area contributed by atoms with Gasteiger partial charge < -0.3 is 5.11 Å². The molecule has 3 rings (SSSR count). The number of aryl methyl sites for hydroxylation is 1. The van der Waals surface area contributed by atoms with Crippen molar-refractivity contribution < 1.29 is 14.3 Å². The Morgan fingerprint density at radius 3 is 2.71 bits per heavy atom. The smallest absolute Gasteiger partial charge is 0.357 e. The minimum absolute atomic E-state index is 0.117. The van der Waals surface area contributed by atoms with Crippen LogP contribution in [0.15, 0.2) is 47.1 Å². The van der Waals surface area contributed by atoms with Gasteiger partial charge in [0.1, 0.15) is 16.2 Å². The summed E-state index contributed by atoms with van der Waals surface area (Å²) in [6.07, 6.45) is 0. The number of rotatable bonds is 3. The molecule has 3 aromatic rings. The summed E-state index contributed by atoms with van der Waals surface area (Å²) in [6.45, 7) is 1.91. The van der Waals surface area contributed by atoms with Crippen LogP contribution in [0.25, 0.3) is 17.1 Å². The highest BCUT2D eigenvalue weighted by Crippen LogP contribution is 2.32. The second kappa shape index (κ2) is 6.37. The van der Waals surface area contributed by atoms with Crippen molar-refractivity contribution >= 4 is 33.5 Å². The van der Waals surface area contributed by atoms with Crippen LogP contribution in [0.5, 0.6) is 0 Å². The van der Waals surface area contributed by atoms with Crippen LogP contribution in [-0.2, 0) is 0 Å². The molecule has 1 N–H and O–H groups in total. The molecular formula is C17H11BrClFN2O2. The average molecular weight is 410 g/mol. The number of imidazole rings is 1. The van der Waals surface area contributed by atoms with E-state index in [0.29, 0.717) is 16.4 Å². The molecule has 7 heteroatoms. The Labute approximate surface area is 150 Å². The Hall–Kier alpha value is -2.18. The lowest BCUT2D eigenvalue weighted by molar-refractivity contribution is 0.0690. The van der Waals surface area contributed by atoms with Crippen molar-refractivity contribution in [1.29, 1.82) is 0 Å². The van der Waals surface area contributed by atoms with E-state index in [1.54, 1.807) is 6.07 Å². The van der Waals surface area contributed by atoms with Gasteiger partial charge in [-0.15, -0.1) is 0 Å². The predicted molar refractivity (Wildman–Crippen MR) is 93.4 cm³/mol. The van der Waals surface area contributed by atoms with E-state index in [9.17, 15) is 14.3 Å². The quantitative estimate of drug-likeness (QED) is 0.655. The number of nitrogens with zero attached hydrogens (tertiary/aromatic N) is 2. The van der Waals surface area contributed by atoms with Crippen molar-refractivity contribution in [3.63, 3.8) is 0 Å². The standard InChI is InChI=1S/C17H11BrClFN2O2/c1-9-3-2-4-10(7-9)16-21-14(17(23)24)15(18)22(16)13-8-11(19)5-6-12(13)20/h2-8H,1H3,(H,23,24). The normalized spacial score (nSPS) is 10.8. The summed E-state index contributed by atoms with van der Waals surface area (Å²) in [5.74, 6) is -1.44. The molecular weight excluding hydrogens is 399 g/mol. The fourth-order valence-electron chi connectivity index (χ4n) is 2.39. The highest BCUT2D eigenvalue weighted by atomic mass is 79.9. The van der Waals surface area contributed by atoms with Gasteiger partial charge in [-0.05, 0) is 47.1 Å². The Morgan fingerprint density at radius 2 is 2.04 bits per heavy atom. The number of carboxylic acid groups (broad SMARTS) is 1. The molecule has 122 valence electrons. The Morgan fingerprint density at radius 1 is 1.29 bits per heavy atom. The molecule has 0 amide bonds. The monoisotopic (exact) mass is 408 g/mol. The lowest BCUT2D eigenvalue weighted by Crippen LogP contribution is -2.02. The largest absolute Gasteiger partial charge is 0.476 e. The Bertz CT molecular complexity index is 956. The van der Waals surface area contributed by atoms with Gasteiger partial charge in [-0.3, -0.25) is 4.57 Å². The van der Waals surface area contributed by atoms with E-state index in [1.807, 2.05) is 25.1 Å². The van der Waals surface area contributed by atoms with Crippen LogP contribution in [0.1, 0.15) is 16.1 Å². The molecule has 1 aromatic heterocycles. The average Bonchev–Trinajstić information content (AvgIpc) is 2.87. The van der Waals surface area contributed by atoms with Crippen molar-refractivity contribution in [1.82, 2.24) is 9.55 Å². The summed E-state index contributed by atoms with van der Waals surface area (Å²) in [5, 5.41) is 9.68. The first-order valence-corrected chi connectivity index (χ1v) is 8.09. The van der Waals surface area contributed by atoms with Gasteiger partial charge in [0.25, 0.3) is 0 Å². The van der Waals surface area contributed by atoms with Gasteiger partial charge >= 0.3 is 5.97 Å². The van der Waals surface area contributed by atoms with E-state index < -0.39 is 11.8 Å². The molecule has 0 saturated heterocycles. The number of benzene rings is 2. The maximum Gasteiger partial charge on any atom is 0.357 e. The molecule has 1 heterocycles. The molecule has 0 atom stereocenters. The second-order valence-electron chi connectivity index (χ2n) is 5.18. The van der Waals surface area contributed by atoms with Crippen LogP contribution in [0.3, 0.4) is 0 Å². The summed E-state index contributed by atoms with van der Waals surface area (Å²) in [7, 11) is 0. The lowest BCUT2D eigenvalue weighted by atomic mass is 10.1. The van der Waals surface area contributed by atoms with Crippen molar-refractivity contribution in [3.05, 3.63) is 69.2 Å². The van der Waals surface area contributed by atoms with Gasteiger partial charge in [-0.2, -0.15) is 0 Å². The molecule has 4 nitrogen and oxygen atoms in total. The number of halogens is 3. The fourth-order valence-corrected chi connectivity index (χ4v) is 3.18. The van der Waals surface area contributed by atoms with Crippen molar-refractivity contribution in [2.45, 2.75) is 6.92 Å². The summed E-state index contributed by atoms with van der Waals surface area (Å²) < 4.78 is 15.9. The van der Waals surface area contributed by atoms with E-state index in [-0.39, 0.29) is 16.0 Å². The van der Waals surface area contributed by atoms with E-state index in [1.165, 1.54) is 22.8 Å². The molecule has 2 aromatic carbocycles. The number of aromatic nitrogens is 2. The number of carboxylic acids is 1. The third-order valence-corrected chi connectivity index (χ3v) is 4.41. The van der Waals surface area contributed by atoms with Gasteiger partial charge in [0.05, 0.1) is 5.69 Å². The van der Waals surface area contributed by atoms with Gasteiger partial charge in [0.2, 0.25) is 0 Å². The van der Waals surface area contributed by atoms with E-state index in [4.69, 9.17) is 11.6 Å². The molecule has 0 fully saturated rings. The molecule has 0 aliphatic rings. The summed E-state index contributed by atoms with van der Waals surface area (Å²) in [6, 6.07) is 11.4. The van der Waals surface area contributed by atoms with E-state index >= 15 is 0 Å².